The first-order valence-electron chi connectivity index (χ1n) is 5.48. The van der Waals surface area contributed by atoms with Crippen LogP contribution in [0.3, 0.4) is 0 Å². The summed E-state index contributed by atoms with van der Waals surface area (Å²) < 4.78 is 0. The molecule has 0 saturated carbocycles. The Bertz CT molecular complexity index is 398. The molecular formula is C12H16N2O2. The fraction of sp³-hybridized carbons (Fsp3) is 0.417. The Morgan fingerprint density at radius 3 is 3.06 bits per heavy atom. The molecule has 1 amide bonds. The molecule has 1 aromatic carbocycles. The Kier molecular flexibility index (Phi) is 3.10. The van der Waals surface area contributed by atoms with Crippen molar-refractivity contribution in [2.45, 2.75) is 19.4 Å². The normalized spacial score (nSPS) is 19.7. The van der Waals surface area contributed by atoms with Crippen LogP contribution in [-0.4, -0.2) is 30.1 Å². The number of benzene rings is 1. The minimum Gasteiger partial charge on any atom is -0.508 e. The Morgan fingerprint density at radius 1 is 1.56 bits per heavy atom. The highest BCUT2D eigenvalue weighted by Gasteiger charge is 2.18. The smallest absolute Gasteiger partial charge is 0.251 e. The summed E-state index contributed by atoms with van der Waals surface area (Å²) >= 11 is 0. The van der Waals surface area contributed by atoms with Crippen molar-refractivity contribution in [3.8, 4) is 5.75 Å². The molecule has 0 bridgehead atoms. The highest BCUT2D eigenvalue weighted by Crippen LogP contribution is 2.19. The molecule has 1 aliphatic rings. The van der Waals surface area contributed by atoms with Crippen LogP contribution in [0.4, 0.5) is 0 Å². The quantitative estimate of drug-likeness (QED) is 0.690. The van der Waals surface area contributed by atoms with E-state index >= 15 is 0 Å². The van der Waals surface area contributed by atoms with Gasteiger partial charge in [0.15, 0.2) is 0 Å². The van der Waals surface area contributed by atoms with Crippen LogP contribution in [-0.2, 0) is 0 Å². The number of hydrogen-bond donors (Lipinski definition) is 3. The van der Waals surface area contributed by atoms with Gasteiger partial charge < -0.3 is 15.7 Å². The van der Waals surface area contributed by atoms with Gasteiger partial charge in [-0.15, -0.1) is 0 Å². The predicted octanol–water partition coefficient (Wildman–Crippen LogP) is 0.792. The molecular weight excluding hydrogens is 204 g/mol. The third-order valence-electron chi connectivity index (χ3n) is 2.95. The van der Waals surface area contributed by atoms with Gasteiger partial charge in [0.25, 0.3) is 5.91 Å². The number of rotatable bonds is 2. The van der Waals surface area contributed by atoms with Crippen LogP contribution >= 0.6 is 0 Å². The monoisotopic (exact) mass is 220 g/mol. The highest BCUT2D eigenvalue weighted by molar-refractivity contribution is 5.96. The maximum atomic E-state index is 11.9. The van der Waals surface area contributed by atoms with E-state index in [1.165, 1.54) is 0 Å². The van der Waals surface area contributed by atoms with Crippen LogP contribution in [0, 0.1) is 6.92 Å². The van der Waals surface area contributed by atoms with Gasteiger partial charge in [0.05, 0.1) is 0 Å². The molecule has 0 spiro atoms. The SMILES string of the molecule is Cc1c(O)cccc1C(=O)NC1CCNC1. The summed E-state index contributed by atoms with van der Waals surface area (Å²) in [5, 5.41) is 15.7. The van der Waals surface area contributed by atoms with Gasteiger partial charge in [-0.3, -0.25) is 4.79 Å². The van der Waals surface area contributed by atoms with Crippen LogP contribution in [0.5, 0.6) is 5.75 Å². The topological polar surface area (TPSA) is 61.4 Å². The van der Waals surface area contributed by atoms with Crippen molar-refractivity contribution in [3.63, 3.8) is 0 Å². The lowest BCUT2D eigenvalue weighted by Crippen LogP contribution is -2.36. The van der Waals surface area contributed by atoms with Crippen molar-refractivity contribution >= 4 is 5.91 Å². The lowest BCUT2D eigenvalue weighted by atomic mass is 10.1. The zero-order valence-electron chi connectivity index (χ0n) is 9.29. The molecule has 1 saturated heterocycles. The molecule has 2 rings (SSSR count). The Labute approximate surface area is 94.7 Å². The average Bonchev–Trinajstić information content (AvgIpc) is 2.74. The molecule has 4 heteroatoms. The summed E-state index contributed by atoms with van der Waals surface area (Å²) in [5.74, 6) is 0.0549. The van der Waals surface area contributed by atoms with E-state index in [1.807, 2.05) is 0 Å². The number of phenols is 1. The molecule has 3 N–H and O–H groups in total. The van der Waals surface area contributed by atoms with Crippen LogP contribution in [0.1, 0.15) is 22.3 Å². The number of carbonyl (C=O) groups is 1. The van der Waals surface area contributed by atoms with E-state index < -0.39 is 0 Å². The number of phenolic OH excluding ortho intramolecular Hbond substituents is 1. The summed E-state index contributed by atoms with van der Waals surface area (Å²) in [5.41, 5.74) is 1.18. The van der Waals surface area contributed by atoms with Gasteiger partial charge in [0, 0.05) is 23.7 Å². The highest BCUT2D eigenvalue weighted by atomic mass is 16.3. The van der Waals surface area contributed by atoms with E-state index in [9.17, 15) is 9.90 Å². The summed E-state index contributed by atoms with van der Waals surface area (Å²) in [6.07, 6.45) is 0.962. The molecule has 86 valence electrons. The van der Waals surface area contributed by atoms with Gasteiger partial charge in [-0.2, -0.15) is 0 Å². The van der Waals surface area contributed by atoms with Gasteiger partial charge in [-0.1, -0.05) is 6.07 Å². The number of hydrogen-bond acceptors (Lipinski definition) is 3. The summed E-state index contributed by atoms with van der Waals surface area (Å²) in [6, 6.07) is 5.20. The van der Waals surface area contributed by atoms with E-state index in [0.29, 0.717) is 11.1 Å². The van der Waals surface area contributed by atoms with Gasteiger partial charge in [0.1, 0.15) is 5.75 Å². The molecule has 0 radical (unpaired) electrons. The summed E-state index contributed by atoms with van der Waals surface area (Å²) in [6.45, 7) is 3.52. The lowest BCUT2D eigenvalue weighted by molar-refractivity contribution is 0.0939. The average molecular weight is 220 g/mol. The molecule has 0 aliphatic carbocycles. The van der Waals surface area contributed by atoms with E-state index in [-0.39, 0.29) is 17.7 Å². The van der Waals surface area contributed by atoms with E-state index in [1.54, 1.807) is 25.1 Å². The second-order valence-electron chi connectivity index (χ2n) is 4.11. The number of amides is 1. The zero-order valence-corrected chi connectivity index (χ0v) is 9.29. The largest absolute Gasteiger partial charge is 0.508 e. The summed E-state index contributed by atoms with van der Waals surface area (Å²) in [7, 11) is 0. The van der Waals surface area contributed by atoms with E-state index in [0.717, 1.165) is 19.5 Å². The molecule has 1 aliphatic heterocycles. The van der Waals surface area contributed by atoms with Gasteiger partial charge >= 0.3 is 0 Å². The fourth-order valence-corrected chi connectivity index (χ4v) is 1.91. The number of carbonyl (C=O) groups excluding carboxylic acids is 1. The molecule has 1 fully saturated rings. The third kappa shape index (κ3) is 2.17. The maximum Gasteiger partial charge on any atom is 0.251 e. The van der Waals surface area contributed by atoms with Crippen molar-refractivity contribution in [3.05, 3.63) is 29.3 Å². The molecule has 1 heterocycles. The Balaban J connectivity index is 2.11. The third-order valence-corrected chi connectivity index (χ3v) is 2.95. The van der Waals surface area contributed by atoms with Gasteiger partial charge in [-0.05, 0) is 32.0 Å². The second kappa shape index (κ2) is 4.53. The maximum absolute atomic E-state index is 11.9. The van der Waals surface area contributed by atoms with Crippen molar-refractivity contribution in [2.24, 2.45) is 0 Å². The number of aromatic hydroxyl groups is 1. The number of nitrogens with one attached hydrogen (secondary N) is 2. The van der Waals surface area contributed by atoms with Gasteiger partial charge in [0.2, 0.25) is 0 Å². The molecule has 1 unspecified atom stereocenters. The van der Waals surface area contributed by atoms with E-state index in [4.69, 9.17) is 0 Å². The second-order valence-corrected chi connectivity index (χ2v) is 4.11. The summed E-state index contributed by atoms with van der Waals surface area (Å²) in [4.78, 5) is 11.9. The minimum atomic E-state index is -0.109. The Hall–Kier alpha value is -1.55. The van der Waals surface area contributed by atoms with E-state index in [2.05, 4.69) is 10.6 Å². The molecule has 16 heavy (non-hydrogen) atoms. The molecule has 4 nitrogen and oxygen atoms in total. The van der Waals surface area contributed by atoms with Crippen LogP contribution in [0.25, 0.3) is 0 Å². The fourth-order valence-electron chi connectivity index (χ4n) is 1.91. The predicted molar refractivity (Wildman–Crippen MR) is 61.6 cm³/mol. The van der Waals surface area contributed by atoms with Crippen molar-refractivity contribution in [1.29, 1.82) is 0 Å². The van der Waals surface area contributed by atoms with Gasteiger partial charge in [-0.25, -0.2) is 0 Å². The molecule has 1 aromatic rings. The first-order valence-corrected chi connectivity index (χ1v) is 5.48. The minimum absolute atomic E-state index is 0.109. The van der Waals surface area contributed by atoms with Crippen LogP contribution < -0.4 is 10.6 Å². The van der Waals surface area contributed by atoms with Crippen molar-refractivity contribution < 1.29 is 9.90 Å². The van der Waals surface area contributed by atoms with Crippen molar-refractivity contribution in [2.75, 3.05) is 13.1 Å². The zero-order chi connectivity index (χ0) is 11.5. The lowest BCUT2D eigenvalue weighted by Gasteiger charge is -2.13. The first kappa shape index (κ1) is 11.0. The van der Waals surface area contributed by atoms with Crippen LogP contribution in [0.15, 0.2) is 18.2 Å². The van der Waals surface area contributed by atoms with Crippen LogP contribution in [0.2, 0.25) is 0 Å². The molecule has 1 atom stereocenters. The Morgan fingerprint density at radius 2 is 2.38 bits per heavy atom. The first-order chi connectivity index (χ1) is 7.68. The van der Waals surface area contributed by atoms with Crippen molar-refractivity contribution in [1.82, 2.24) is 10.6 Å². The molecule has 0 aromatic heterocycles. The standard InChI is InChI=1S/C12H16N2O2/c1-8-10(3-2-4-11(8)15)12(16)14-9-5-6-13-7-9/h2-4,9,13,15H,5-7H2,1H3,(H,14,16).